The maximum Gasteiger partial charge on any atom is 0.336 e. The molecule has 0 unspecified atom stereocenters. The molecule has 0 saturated carbocycles. The van der Waals surface area contributed by atoms with Crippen LogP contribution < -0.4 is 10.6 Å². The van der Waals surface area contributed by atoms with Gasteiger partial charge < -0.3 is 9.64 Å². The van der Waals surface area contributed by atoms with E-state index in [1.165, 1.54) is 0 Å². The van der Waals surface area contributed by atoms with Gasteiger partial charge in [0.25, 0.3) is 0 Å². The minimum absolute atomic E-state index is 0.215. The largest absolute Gasteiger partial charge is 0.378 e. The topological polar surface area (TPSA) is 90.4 Å². The van der Waals surface area contributed by atoms with Crippen LogP contribution in [0.3, 0.4) is 0 Å². The quantitative estimate of drug-likeness (QED) is 0.376. The van der Waals surface area contributed by atoms with Gasteiger partial charge in [0.15, 0.2) is 5.65 Å². The molecule has 6 rings (SSSR count). The van der Waals surface area contributed by atoms with Gasteiger partial charge in [-0.3, -0.25) is 9.55 Å². The van der Waals surface area contributed by atoms with Gasteiger partial charge in [0.2, 0.25) is 0 Å². The summed E-state index contributed by atoms with van der Waals surface area (Å²) < 4.78 is 8.79. The van der Waals surface area contributed by atoms with Crippen LogP contribution in [0.15, 0.2) is 65.8 Å². The number of fused-ring (bicyclic) bond motifs is 3. The zero-order valence-corrected chi connectivity index (χ0v) is 19.6. The minimum atomic E-state index is -0.215. The second-order valence-corrected chi connectivity index (χ2v) is 8.91. The molecule has 5 heterocycles. The lowest BCUT2D eigenvalue weighted by molar-refractivity contribution is 0.122. The van der Waals surface area contributed by atoms with Crippen molar-refractivity contribution < 1.29 is 4.74 Å². The van der Waals surface area contributed by atoms with Gasteiger partial charge in [-0.2, -0.15) is 0 Å². The predicted octanol–water partition coefficient (Wildman–Crippen LogP) is 2.96. The first-order chi connectivity index (χ1) is 17.2. The molecule has 176 valence electrons. The van der Waals surface area contributed by atoms with E-state index in [0.717, 1.165) is 29.9 Å². The molecule has 0 N–H and O–H groups in total. The number of halogens is 1. The van der Waals surface area contributed by atoms with Crippen molar-refractivity contribution in [3.05, 3.63) is 93.5 Å². The fourth-order valence-electron chi connectivity index (χ4n) is 4.43. The van der Waals surface area contributed by atoms with E-state index in [4.69, 9.17) is 21.3 Å². The maximum atomic E-state index is 13.9. The van der Waals surface area contributed by atoms with Gasteiger partial charge in [0, 0.05) is 36.9 Å². The summed E-state index contributed by atoms with van der Waals surface area (Å²) in [6.07, 6.45) is 5.75. The summed E-state index contributed by atoms with van der Waals surface area (Å²) in [6, 6.07) is 13.3. The molecule has 1 saturated heterocycles. The number of ether oxygens (including phenoxy) is 1. The first-order valence-electron chi connectivity index (χ1n) is 11.4. The summed E-state index contributed by atoms with van der Waals surface area (Å²) in [6.45, 7) is 3.24. The lowest BCUT2D eigenvalue weighted by Gasteiger charge is -2.28. The number of anilines is 1. The highest BCUT2D eigenvalue weighted by molar-refractivity contribution is 6.30. The molecule has 0 spiro atoms. The van der Waals surface area contributed by atoms with E-state index in [2.05, 4.69) is 20.1 Å². The van der Waals surface area contributed by atoms with Crippen molar-refractivity contribution in [2.75, 3.05) is 31.2 Å². The normalized spacial score (nSPS) is 14.1. The third-order valence-electron chi connectivity index (χ3n) is 6.22. The molecule has 0 bridgehead atoms. The Bertz CT molecular complexity index is 1560. The second kappa shape index (κ2) is 9.09. The Labute approximate surface area is 205 Å². The molecule has 9 nitrogen and oxygen atoms in total. The molecule has 10 heteroatoms. The van der Waals surface area contributed by atoms with E-state index in [1.54, 1.807) is 21.4 Å². The van der Waals surface area contributed by atoms with Gasteiger partial charge in [0.1, 0.15) is 11.3 Å². The number of aromatic nitrogens is 6. The summed E-state index contributed by atoms with van der Waals surface area (Å²) >= 11 is 6.09. The van der Waals surface area contributed by atoms with Crippen molar-refractivity contribution in [1.29, 1.82) is 0 Å². The number of hydrogen-bond acceptors (Lipinski definition) is 7. The first-order valence-corrected chi connectivity index (χ1v) is 11.8. The monoisotopic (exact) mass is 487 g/mol. The zero-order chi connectivity index (χ0) is 23.8. The SMILES string of the molecule is O=c1n(Cc2ccc(Cl)cc2)c2cc(N3CCOCC3)cnc2c2nnc(Cc3cccnc3)n12. The summed E-state index contributed by atoms with van der Waals surface area (Å²) in [5.74, 6) is 0.545. The third kappa shape index (κ3) is 4.13. The van der Waals surface area contributed by atoms with Crippen LogP contribution in [0.25, 0.3) is 16.7 Å². The Kier molecular flexibility index (Phi) is 5.63. The number of hydrogen-bond donors (Lipinski definition) is 0. The molecule has 0 atom stereocenters. The van der Waals surface area contributed by atoms with Crippen molar-refractivity contribution in [2.45, 2.75) is 13.0 Å². The molecule has 5 aromatic rings. The predicted molar refractivity (Wildman–Crippen MR) is 133 cm³/mol. The summed E-state index contributed by atoms with van der Waals surface area (Å²) in [7, 11) is 0. The van der Waals surface area contributed by atoms with Crippen LogP contribution >= 0.6 is 11.6 Å². The molecule has 1 fully saturated rings. The van der Waals surface area contributed by atoms with Crippen molar-refractivity contribution >= 4 is 34.0 Å². The van der Waals surface area contributed by atoms with Gasteiger partial charge in [-0.15, -0.1) is 10.2 Å². The second-order valence-electron chi connectivity index (χ2n) is 8.47. The summed E-state index contributed by atoms with van der Waals surface area (Å²) in [5.41, 5.74) is 4.42. The van der Waals surface area contributed by atoms with E-state index in [-0.39, 0.29) is 5.69 Å². The van der Waals surface area contributed by atoms with E-state index in [9.17, 15) is 4.79 Å². The number of benzene rings is 1. The standard InChI is InChI=1S/C25H22ClN7O2/c26-19-5-3-17(4-6-19)16-32-21-13-20(31-8-10-35-11-9-31)15-28-23(21)24-30-29-22(33(24)25(32)34)12-18-2-1-7-27-14-18/h1-7,13-15H,8-12,16H2. The number of morpholine rings is 1. The van der Waals surface area contributed by atoms with Crippen LogP contribution in [0.5, 0.6) is 0 Å². The average Bonchev–Trinajstić information content (AvgIpc) is 3.32. The van der Waals surface area contributed by atoms with E-state index in [0.29, 0.717) is 53.7 Å². The Morgan fingerprint density at radius 3 is 2.60 bits per heavy atom. The van der Waals surface area contributed by atoms with Crippen molar-refractivity contribution in [3.63, 3.8) is 0 Å². The highest BCUT2D eigenvalue weighted by Crippen LogP contribution is 2.24. The summed E-state index contributed by atoms with van der Waals surface area (Å²) in [4.78, 5) is 25.1. The van der Waals surface area contributed by atoms with Crippen molar-refractivity contribution in [2.24, 2.45) is 0 Å². The van der Waals surface area contributed by atoms with Crippen LogP contribution in [0.4, 0.5) is 5.69 Å². The maximum absolute atomic E-state index is 13.9. The number of rotatable bonds is 5. The molecule has 1 aliphatic heterocycles. The lowest BCUT2D eigenvalue weighted by atomic mass is 10.2. The Balaban J connectivity index is 1.54. The molecule has 0 amide bonds. The highest BCUT2D eigenvalue weighted by Gasteiger charge is 2.20. The Hall–Kier alpha value is -3.82. The fourth-order valence-corrected chi connectivity index (χ4v) is 4.56. The van der Waals surface area contributed by atoms with Gasteiger partial charge in [-0.05, 0) is 35.4 Å². The molecule has 1 aromatic carbocycles. The van der Waals surface area contributed by atoms with Gasteiger partial charge in [-0.25, -0.2) is 14.2 Å². The van der Waals surface area contributed by atoms with Crippen LogP contribution in [0.2, 0.25) is 5.02 Å². The van der Waals surface area contributed by atoms with Crippen LogP contribution in [0.1, 0.15) is 17.0 Å². The zero-order valence-electron chi connectivity index (χ0n) is 18.8. The smallest absolute Gasteiger partial charge is 0.336 e. The lowest BCUT2D eigenvalue weighted by Crippen LogP contribution is -2.36. The molecule has 4 aromatic heterocycles. The molecule has 0 radical (unpaired) electrons. The van der Waals surface area contributed by atoms with Gasteiger partial charge in [0.05, 0.1) is 37.2 Å². The minimum Gasteiger partial charge on any atom is -0.378 e. The first kappa shape index (κ1) is 21.7. The molecule has 0 aliphatic carbocycles. The molecular formula is C25H22ClN7O2. The fraction of sp³-hybridized carbons (Fsp3) is 0.240. The average molecular weight is 488 g/mol. The van der Waals surface area contributed by atoms with Crippen molar-refractivity contribution in [3.8, 4) is 0 Å². The molecular weight excluding hydrogens is 466 g/mol. The number of nitrogens with zero attached hydrogens (tertiary/aromatic N) is 7. The molecule has 35 heavy (non-hydrogen) atoms. The third-order valence-corrected chi connectivity index (χ3v) is 6.48. The van der Waals surface area contributed by atoms with Crippen LogP contribution in [-0.4, -0.2) is 55.4 Å². The van der Waals surface area contributed by atoms with Crippen LogP contribution in [0, 0.1) is 0 Å². The number of pyridine rings is 2. The van der Waals surface area contributed by atoms with Gasteiger partial charge >= 0.3 is 5.69 Å². The summed E-state index contributed by atoms with van der Waals surface area (Å²) in [5, 5.41) is 9.38. The van der Waals surface area contributed by atoms with Crippen LogP contribution in [-0.2, 0) is 17.7 Å². The van der Waals surface area contributed by atoms with E-state index >= 15 is 0 Å². The molecule has 1 aliphatic rings. The van der Waals surface area contributed by atoms with Crippen molar-refractivity contribution in [1.82, 2.24) is 29.1 Å². The van der Waals surface area contributed by atoms with E-state index in [1.807, 2.05) is 48.7 Å². The Morgan fingerprint density at radius 1 is 1.00 bits per heavy atom. The highest BCUT2D eigenvalue weighted by atomic mass is 35.5. The van der Waals surface area contributed by atoms with Gasteiger partial charge in [-0.1, -0.05) is 29.8 Å². The Morgan fingerprint density at radius 2 is 1.83 bits per heavy atom. The van der Waals surface area contributed by atoms with E-state index < -0.39 is 0 Å².